The highest BCUT2D eigenvalue weighted by molar-refractivity contribution is 5.52. The second-order valence-corrected chi connectivity index (χ2v) is 5.51. The molecule has 114 valence electrons. The molecule has 0 heterocycles. The minimum Gasteiger partial charge on any atom is -0.496 e. The van der Waals surface area contributed by atoms with Gasteiger partial charge in [-0.25, -0.2) is 0 Å². The number of hydrogen-bond donors (Lipinski definition) is 1. The summed E-state index contributed by atoms with van der Waals surface area (Å²) in [5.41, 5.74) is 1.11. The Morgan fingerprint density at radius 2 is 1.55 bits per heavy atom. The molecule has 0 aliphatic carbocycles. The molecular formula is C16H27NO3. The lowest BCUT2D eigenvalue weighted by atomic mass is 9.77. The fourth-order valence-corrected chi connectivity index (χ4v) is 2.45. The van der Waals surface area contributed by atoms with E-state index in [0.29, 0.717) is 0 Å². The van der Waals surface area contributed by atoms with Gasteiger partial charge in [-0.05, 0) is 18.9 Å². The lowest BCUT2D eigenvalue weighted by Crippen LogP contribution is -2.32. The molecule has 1 atom stereocenters. The number of rotatable bonds is 7. The van der Waals surface area contributed by atoms with E-state index < -0.39 is 0 Å². The molecule has 20 heavy (non-hydrogen) atoms. The van der Waals surface area contributed by atoms with E-state index in [4.69, 9.17) is 14.2 Å². The third kappa shape index (κ3) is 3.18. The zero-order valence-electron chi connectivity index (χ0n) is 13.7. The van der Waals surface area contributed by atoms with Crippen LogP contribution in [0.2, 0.25) is 0 Å². The average molecular weight is 281 g/mol. The molecule has 0 saturated carbocycles. The predicted molar refractivity (Wildman–Crippen MR) is 82.0 cm³/mol. The largest absolute Gasteiger partial charge is 0.496 e. The molecule has 1 unspecified atom stereocenters. The van der Waals surface area contributed by atoms with Crippen LogP contribution in [0.1, 0.15) is 38.8 Å². The summed E-state index contributed by atoms with van der Waals surface area (Å²) in [5.74, 6) is 2.29. The van der Waals surface area contributed by atoms with E-state index in [9.17, 15) is 0 Å². The molecule has 0 fully saturated rings. The molecule has 1 aromatic carbocycles. The van der Waals surface area contributed by atoms with E-state index in [1.54, 1.807) is 21.3 Å². The SMILES string of the molecule is CCC(C)(C)C(NC)c1c(OC)cc(OC)cc1OC. The fourth-order valence-electron chi connectivity index (χ4n) is 2.45. The first-order valence-electron chi connectivity index (χ1n) is 6.92. The van der Waals surface area contributed by atoms with E-state index in [-0.39, 0.29) is 11.5 Å². The van der Waals surface area contributed by atoms with Crippen LogP contribution in [0.4, 0.5) is 0 Å². The van der Waals surface area contributed by atoms with Gasteiger partial charge in [-0.2, -0.15) is 0 Å². The van der Waals surface area contributed by atoms with Crippen LogP contribution in [0, 0.1) is 5.41 Å². The molecule has 1 aromatic rings. The van der Waals surface area contributed by atoms with E-state index in [0.717, 1.165) is 29.2 Å². The molecule has 0 spiro atoms. The van der Waals surface area contributed by atoms with Gasteiger partial charge in [-0.3, -0.25) is 0 Å². The minimum atomic E-state index is 0.0733. The van der Waals surface area contributed by atoms with Crippen LogP contribution in [-0.2, 0) is 0 Å². The Morgan fingerprint density at radius 1 is 1.05 bits per heavy atom. The molecule has 0 aliphatic rings. The van der Waals surface area contributed by atoms with Crippen LogP contribution < -0.4 is 19.5 Å². The van der Waals surface area contributed by atoms with Gasteiger partial charge >= 0.3 is 0 Å². The third-order valence-electron chi connectivity index (χ3n) is 4.02. The Hall–Kier alpha value is -1.42. The van der Waals surface area contributed by atoms with Crippen molar-refractivity contribution in [3.63, 3.8) is 0 Å². The Morgan fingerprint density at radius 3 is 1.85 bits per heavy atom. The van der Waals surface area contributed by atoms with Crippen LogP contribution in [0.3, 0.4) is 0 Å². The van der Waals surface area contributed by atoms with Gasteiger partial charge in [-0.1, -0.05) is 20.8 Å². The topological polar surface area (TPSA) is 39.7 Å². The monoisotopic (exact) mass is 281 g/mol. The Labute approximate surface area is 122 Å². The van der Waals surface area contributed by atoms with Crippen molar-refractivity contribution in [2.24, 2.45) is 5.41 Å². The zero-order valence-corrected chi connectivity index (χ0v) is 13.7. The van der Waals surface area contributed by atoms with Crippen molar-refractivity contribution in [2.45, 2.75) is 33.2 Å². The van der Waals surface area contributed by atoms with E-state index >= 15 is 0 Å². The molecule has 4 nitrogen and oxygen atoms in total. The van der Waals surface area contributed by atoms with Crippen LogP contribution in [-0.4, -0.2) is 28.4 Å². The predicted octanol–water partition coefficient (Wildman–Crippen LogP) is 3.41. The summed E-state index contributed by atoms with van der Waals surface area (Å²) in [6.07, 6.45) is 1.04. The highest BCUT2D eigenvalue weighted by Crippen LogP contribution is 2.45. The highest BCUT2D eigenvalue weighted by Gasteiger charge is 2.33. The standard InChI is InChI=1S/C16H27NO3/c1-8-16(2,3)15(17-4)14-12(19-6)9-11(18-5)10-13(14)20-7/h9-10,15,17H,8H2,1-7H3. The van der Waals surface area contributed by atoms with Crippen molar-refractivity contribution in [1.29, 1.82) is 0 Å². The maximum Gasteiger partial charge on any atom is 0.131 e. The van der Waals surface area contributed by atoms with Gasteiger partial charge in [0.2, 0.25) is 0 Å². The smallest absolute Gasteiger partial charge is 0.131 e. The number of nitrogens with one attached hydrogen (secondary N) is 1. The van der Waals surface area contributed by atoms with Crippen LogP contribution in [0.15, 0.2) is 12.1 Å². The maximum atomic E-state index is 5.55. The van der Waals surface area contributed by atoms with Crippen molar-refractivity contribution in [3.05, 3.63) is 17.7 Å². The Bertz CT molecular complexity index is 418. The molecule has 4 heteroatoms. The summed E-state index contributed by atoms with van der Waals surface area (Å²) in [6, 6.07) is 3.92. The van der Waals surface area contributed by atoms with Gasteiger partial charge in [0.25, 0.3) is 0 Å². The molecule has 0 amide bonds. The first-order valence-corrected chi connectivity index (χ1v) is 6.92. The maximum absolute atomic E-state index is 5.55. The van der Waals surface area contributed by atoms with Gasteiger partial charge in [-0.15, -0.1) is 0 Å². The summed E-state index contributed by atoms with van der Waals surface area (Å²) in [4.78, 5) is 0. The second kappa shape index (κ2) is 6.84. The Kier molecular flexibility index (Phi) is 5.69. The highest BCUT2D eigenvalue weighted by atomic mass is 16.5. The molecule has 0 radical (unpaired) electrons. The number of methoxy groups -OCH3 is 3. The molecule has 1 rings (SSSR count). The van der Waals surface area contributed by atoms with Crippen molar-refractivity contribution in [1.82, 2.24) is 5.32 Å². The van der Waals surface area contributed by atoms with Gasteiger partial charge < -0.3 is 19.5 Å². The summed E-state index contributed by atoms with van der Waals surface area (Å²) < 4.78 is 16.4. The molecule has 0 aromatic heterocycles. The lowest BCUT2D eigenvalue weighted by Gasteiger charge is -2.35. The van der Waals surface area contributed by atoms with Crippen molar-refractivity contribution < 1.29 is 14.2 Å². The molecule has 0 saturated heterocycles. The number of benzene rings is 1. The van der Waals surface area contributed by atoms with Crippen molar-refractivity contribution in [2.75, 3.05) is 28.4 Å². The molecule has 1 N–H and O–H groups in total. The summed E-state index contributed by atoms with van der Waals surface area (Å²) in [5, 5.41) is 3.40. The van der Waals surface area contributed by atoms with Gasteiger partial charge in [0.05, 0.1) is 26.9 Å². The van der Waals surface area contributed by atoms with Crippen molar-refractivity contribution >= 4 is 0 Å². The second-order valence-electron chi connectivity index (χ2n) is 5.51. The zero-order chi connectivity index (χ0) is 15.3. The van der Waals surface area contributed by atoms with Crippen LogP contribution >= 0.6 is 0 Å². The summed E-state index contributed by atoms with van der Waals surface area (Å²) >= 11 is 0. The molecule has 0 aliphatic heterocycles. The van der Waals surface area contributed by atoms with Gasteiger partial charge in [0.1, 0.15) is 17.2 Å². The Balaban J connectivity index is 3.47. The number of hydrogen-bond acceptors (Lipinski definition) is 4. The van der Waals surface area contributed by atoms with Gasteiger partial charge in [0.15, 0.2) is 0 Å². The first-order chi connectivity index (χ1) is 9.44. The van der Waals surface area contributed by atoms with E-state index in [1.165, 1.54) is 0 Å². The van der Waals surface area contributed by atoms with Gasteiger partial charge in [0, 0.05) is 18.2 Å². The van der Waals surface area contributed by atoms with Crippen LogP contribution in [0.5, 0.6) is 17.2 Å². The van der Waals surface area contributed by atoms with Crippen molar-refractivity contribution in [3.8, 4) is 17.2 Å². The average Bonchev–Trinajstić information content (AvgIpc) is 2.47. The van der Waals surface area contributed by atoms with E-state index in [1.807, 2.05) is 19.2 Å². The molecule has 0 bridgehead atoms. The molecular weight excluding hydrogens is 254 g/mol. The number of ether oxygens (including phenoxy) is 3. The normalized spacial score (nSPS) is 12.9. The van der Waals surface area contributed by atoms with E-state index in [2.05, 4.69) is 26.1 Å². The first kappa shape index (κ1) is 16.6. The summed E-state index contributed by atoms with van der Waals surface area (Å²) in [7, 11) is 6.94. The third-order valence-corrected chi connectivity index (χ3v) is 4.02. The quantitative estimate of drug-likeness (QED) is 0.831. The fraction of sp³-hybridized carbons (Fsp3) is 0.625. The lowest BCUT2D eigenvalue weighted by molar-refractivity contribution is 0.232. The van der Waals surface area contributed by atoms with Crippen LogP contribution in [0.25, 0.3) is 0 Å². The summed E-state index contributed by atoms with van der Waals surface area (Å²) in [6.45, 7) is 6.65. The minimum absolute atomic E-state index is 0.0733.